The third-order valence-corrected chi connectivity index (χ3v) is 4.66. The molecule has 0 radical (unpaired) electrons. The van der Waals surface area contributed by atoms with Gasteiger partial charge in [-0.25, -0.2) is 0 Å². The van der Waals surface area contributed by atoms with Crippen LogP contribution in [0, 0.1) is 0 Å². The van der Waals surface area contributed by atoms with Gasteiger partial charge in [-0.1, -0.05) is 35.7 Å². The molecule has 1 aromatic carbocycles. The number of nitrogens with two attached hydrogens (primary N) is 1. The zero-order valence-electron chi connectivity index (χ0n) is 13.0. The van der Waals surface area contributed by atoms with E-state index in [9.17, 15) is 9.59 Å². The Kier molecular flexibility index (Phi) is 6.27. The van der Waals surface area contributed by atoms with Crippen LogP contribution in [-0.2, 0) is 9.59 Å². The summed E-state index contributed by atoms with van der Waals surface area (Å²) in [5, 5.41) is 3.97. The number of hydrogen-bond acceptors (Lipinski definition) is 3. The van der Waals surface area contributed by atoms with Gasteiger partial charge in [0.15, 0.2) is 0 Å². The van der Waals surface area contributed by atoms with Crippen molar-refractivity contribution in [1.82, 2.24) is 10.2 Å². The van der Waals surface area contributed by atoms with Crippen molar-refractivity contribution in [1.29, 1.82) is 0 Å². The predicted molar refractivity (Wildman–Crippen MR) is 91.4 cm³/mol. The number of rotatable bonds is 5. The minimum atomic E-state index is -0.369. The average molecular weight is 358 g/mol. The molecule has 23 heavy (non-hydrogen) atoms. The Morgan fingerprint density at radius 1 is 1.39 bits per heavy atom. The molecule has 0 unspecified atom stereocenters. The molecule has 1 heterocycles. The second-order valence-corrected chi connectivity index (χ2v) is 6.68. The minimum absolute atomic E-state index is 0.156. The molecule has 0 bridgehead atoms. The van der Waals surface area contributed by atoms with Crippen molar-refractivity contribution in [3.63, 3.8) is 0 Å². The van der Waals surface area contributed by atoms with Crippen molar-refractivity contribution in [2.45, 2.75) is 38.3 Å². The van der Waals surface area contributed by atoms with Crippen LogP contribution in [0.1, 0.15) is 37.8 Å². The van der Waals surface area contributed by atoms with Crippen LogP contribution in [0.3, 0.4) is 0 Å². The maximum absolute atomic E-state index is 12.3. The van der Waals surface area contributed by atoms with E-state index < -0.39 is 0 Å². The van der Waals surface area contributed by atoms with Crippen LogP contribution in [0.15, 0.2) is 18.2 Å². The summed E-state index contributed by atoms with van der Waals surface area (Å²) in [5.41, 5.74) is 6.22. The number of benzene rings is 1. The highest BCUT2D eigenvalue weighted by molar-refractivity contribution is 6.35. The first-order valence-electron chi connectivity index (χ1n) is 7.66. The smallest absolute Gasteiger partial charge is 0.234 e. The fourth-order valence-electron chi connectivity index (χ4n) is 2.90. The van der Waals surface area contributed by atoms with Crippen LogP contribution in [0.4, 0.5) is 0 Å². The Morgan fingerprint density at radius 2 is 2.13 bits per heavy atom. The molecule has 0 spiro atoms. The van der Waals surface area contributed by atoms with E-state index in [1.54, 1.807) is 18.2 Å². The molecule has 0 aliphatic carbocycles. The van der Waals surface area contributed by atoms with Gasteiger partial charge in [-0.05, 0) is 44.0 Å². The zero-order chi connectivity index (χ0) is 17.0. The van der Waals surface area contributed by atoms with E-state index in [0.717, 1.165) is 18.4 Å². The summed E-state index contributed by atoms with van der Waals surface area (Å²) in [6.45, 7) is 2.72. The van der Waals surface area contributed by atoms with Crippen molar-refractivity contribution in [2.75, 3.05) is 13.1 Å². The zero-order valence-corrected chi connectivity index (χ0v) is 14.5. The van der Waals surface area contributed by atoms with Gasteiger partial charge >= 0.3 is 0 Å². The molecule has 3 N–H and O–H groups in total. The van der Waals surface area contributed by atoms with Gasteiger partial charge < -0.3 is 11.1 Å². The molecular formula is C16H21Cl2N3O2. The monoisotopic (exact) mass is 357 g/mol. The Morgan fingerprint density at radius 3 is 2.78 bits per heavy atom. The third kappa shape index (κ3) is 4.83. The van der Waals surface area contributed by atoms with Crippen molar-refractivity contribution < 1.29 is 9.59 Å². The fourth-order valence-corrected chi connectivity index (χ4v) is 3.48. The molecule has 2 atom stereocenters. The quantitative estimate of drug-likeness (QED) is 0.849. The number of piperidine rings is 1. The lowest BCUT2D eigenvalue weighted by atomic mass is 10.0. The molecule has 0 saturated carbocycles. The van der Waals surface area contributed by atoms with Gasteiger partial charge in [0, 0.05) is 10.0 Å². The normalized spacial score (nSPS) is 20.0. The van der Waals surface area contributed by atoms with Crippen LogP contribution >= 0.6 is 23.2 Å². The summed E-state index contributed by atoms with van der Waals surface area (Å²) in [6, 6.07) is 4.57. The predicted octanol–water partition coefficient (Wildman–Crippen LogP) is 2.51. The van der Waals surface area contributed by atoms with Gasteiger partial charge in [0.1, 0.15) is 0 Å². The molecule has 1 saturated heterocycles. The van der Waals surface area contributed by atoms with Gasteiger partial charge in [-0.2, -0.15) is 0 Å². The van der Waals surface area contributed by atoms with Gasteiger partial charge in [0.25, 0.3) is 0 Å². The molecule has 7 heteroatoms. The number of halogens is 2. The maximum Gasteiger partial charge on any atom is 0.234 e. The molecule has 0 aromatic heterocycles. The van der Waals surface area contributed by atoms with Crippen LogP contribution in [0.5, 0.6) is 0 Å². The number of primary amides is 1. The molecule has 126 valence electrons. The highest BCUT2D eigenvalue weighted by Gasteiger charge is 2.28. The molecule has 1 aliphatic rings. The minimum Gasteiger partial charge on any atom is -0.368 e. The summed E-state index contributed by atoms with van der Waals surface area (Å²) >= 11 is 12.0. The topological polar surface area (TPSA) is 75.4 Å². The van der Waals surface area contributed by atoms with E-state index in [1.807, 2.05) is 11.8 Å². The number of likely N-dealkylation sites (tertiary alicyclic amines) is 1. The van der Waals surface area contributed by atoms with Gasteiger partial charge in [-0.15, -0.1) is 0 Å². The SMILES string of the molecule is C[C@@H](NC(=O)CN1CCCC[C@@H]1C(N)=O)c1ccc(Cl)cc1Cl. The van der Waals surface area contributed by atoms with E-state index in [-0.39, 0.29) is 30.4 Å². The van der Waals surface area contributed by atoms with Crippen LogP contribution in [0.25, 0.3) is 0 Å². The van der Waals surface area contributed by atoms with Crippen molar-refractivity contribution in [3.05, 3.63) is 33.8 Å². The van der Waals surface area contributed by atoms with E-state index in [4.69, 9.17) is 28.9 Å². The van der Waals surface area contributed by atoms with E-state index in [0.29, 0.717) is 23.0 Å². The average Bonchev–Trinajstić information content (AvgIpc) is 2.47. The third-order valence-electron chi connectivity index (χ3n) is 4.10. The summed E-state index contributed by atoms with van der Waals surface area (Å²) in [4.78, 5) is 25.6. The van der Waals surface area contributed by atoms with E-state index in [1.165, 1.54) is 0 Å². The lowest BCUT2D eigenvalue weighted by Gasteiger charge is -2.33. The Hall–Kier alpha value is -1.30. The summed E-state index contributed by atoms with van der Waals surface area (Å²) in [7, 11) is 0. The molecule has 2 rings (SSSR count). The second kappa shape index (κ2) is 7.99. The van der Waals surface area contributed by atoms with Gasteiger partial charge in [-0.3, -0.25) is 14.5 Å². The number of carbonyl (C=O) groups is 2. The Balaban J connectivity index is 1.96. The lowest BCUT2D eigenvalue weighted by Crippen LogP contribution is -2.51. The van der Waals surface area contributed by atoms with Crippen molar-refractivity contribution in [3.8, 4) is 0 Å². The standard InChI is InChI=1S/C16H21Cl2N3O2/c1-10(12-6-5-11(17)8-13(12)18)20-15(22)9-21-7-3-2-4-14(21)16(19)23/h5-6,8,10,14H,2-4,7,9H2,1H3,(H2,19,23)(H,20,22)/t10-,14-/m1/s1. The lowest BCUT2D eigenvalue weighted by molar-refractivity contribution is -0.128. The van der Waals surface area contributed by atoms with Crippen LogP contribution < -0.4 is 11.1 Å². The molecule has 1 aromatic rings. The summed E-state index contributed by atoms with van der Waals surface area (Å²) in [5.74, 6) is -0.525. The fraction of sp³-hybridized carbons (Fsp3) is 0.500. The van der Waals surface area contributed by atoms with Crippen molar-refractivity contribution in [2.24, 2.45) is 5.73 Å². The summed E-state index contributed by atoms with van der Waals surface area (Å²) < 4.78 is 0. The number of nitrogens with one attached hydrogen (secondary N) is 1. The number of hydrogen-bond donors (Lipinski definition) is 2. The first kappa shape index (κ1) is 18.0. The van der Waals surface area contributed by atoms with Gasteiger partial charge in [0.2, 0.25) is 11.8 Å². The van der Waals surface area contributed by atoms with E-state index >= 15 is 0 Å². The largest absolute Gasteiger partial charge is 0.368 e. The Labute approximate surface area is 146 Å². The van der Waals surface area contributed by atoms with Crippen LogP contribution in [0.2, 0.25) is 10.0 Å². The van der Waals surface area contributed by atoms with E-state index in [2.05, 4.69) is 5.32 Å². The molecule has 1 aliphatic heterocycles. The number of nitrogens with zero attached hydrogens (tertiary/aromatic N) is 1. The first-order valence-corrected chi connectivity index (χ1v) is 8.41. The summed E-state index contributed by atoms with van der Waals surface area (Å²) in [6.07, 6.45) is 2.64. The number of carbonyl (C=O) groups excluding carboxylic acids is 2. The van der Waals surface area contributed by atoms with Crippen molar-refractivity contribution >= 4 is 35.0 Å². The molecule has 2 amide bonds. The molecule has 1 fully saturated rings. The maximum atomic E-state index is 12.3. The highest BCUT2D eigenvalue weighted by atomic mass is 35.5. The highest BCUT2D eigenvalue weighted by Crippen LogP contribution is 2.26. The second-order valence-electron chi connectivity index (χ2n) is 5.84. The van der Waals surface area contributed by atoms with Gasteiger partial charge in [0.05, 0.1) is 18.6 Å². The molecule has 5 nitrogen and oxygen atoms in total. The number of amides is 2. The van der Waals surface area contributed by atoms with Crippen LogP contribution in [-0.4, -0.2) is 35.8 Å². The first-order chi connectivity index (χ1) is 10.9. The Bertz CT molecular complexity index is 595. The molecular weight excluding hydrogens is 337 g/mol.